The molecule has 1 aliphatic heterocycles. The lowest BCUT2D eigenvalue weighted by Crippen LogP contribution is -2.15. The van der Waals surface area contributed by atoms with Crippen molar-refractivity contribution in [2.45, 2.75) is 9.79 Å². The zero-order valence-electron chi connectivity index (χ0n) is 15.0. The largest absolute Gasteiger partial charge is 0.343 e. The van der Waals surface area contributed by atoms with Gasteiger partial charge in [-0.2, -0.15) is 0 Å². The van der Waals surface area contributed by atoms with E-state index in [-0.39, 0.29) is 0 Å². The number of fused-ring (bicyclic) bond motifs is 3. The number of hydrogen-bond donors (Lipinski definition) is 0. The van der Waals surface area contributed by atoms with Gasteiger partial charge in [0, 0.05) is 28.6 Å². The summed E-state index contributed by atoms with van der Waals surface area (Å²) in [4.78, 5) is 9.55. The summed E-state index contributed by atoms with van der Waals surface area (Å²) in [7, 11) is 2.13. The molecule has 2 nitrogen and oxygen atoms in total. The molecule has 4 aromatic rings. The second kappa shape index (κ2) is 6.60. The number of para-hydroxylation sites is 1. The molecule has 0 unspecified atom stereocenters. The summed E-state index contributed by atoms with van der Waals surface area (Å²) in [5.74, 6) is 0. The van der Waals surface area contributed by atoms with E-state index in [4.69, 9.17) is 4.99 Å². The third-order valence-corrected chi connectivity index (χ3v) is 6.12. The summed E-state index contributed by atoms with van der Waals surface area (Å²) < 4.78 is 0. The van der Waals surface area contributed by atoms with Crippen LogP contribution < -0.4 is 4.90 Å². The molecule has 4 aromatic carbocycles. The van der Waals surface area contributed by atoms with E-state index in [0.29, 0.717) is 0 Å². The van der Waals surface area contributed by atoms with Crippen molar-refractivity contribution in [3.63, 3.8) is 0 Å². The molecule has 1 aliphatic rings. The van der Waals surface area contributed by atoms with E-state index < -0.39 is 0 Å². The molecule has 0 fully saturated rings. The van der Waals surface area contributed by atoms with Crippen molar-refractivity contribution < 1.29 is 0 Å². The summed E-state index contributed by atoms with van der Waals surface area (Å²) in [6.45, 7) is 0. The van der Waals surface area contributed by atoms with Gasteiger partial charge in [0.1, 0.15) is 0 Å². The molecule has 0 radical (unpaired) electrons. The van der Waals surface area contributed by atoms with Gasteiger partial charge in [-0.05, 0) is 41.1 Å². The van der Waals surface area contributed by atoms with Crippen molar-refractivity contribution in [1.82, 2.24) is 0 Å². The second-order valence-electron chi connectivity index (χ2n) is 6.61. The highest BCUT2D eigenvalue weighted by molar-refractivity contribution is 7.99. The van der Waals surface area contributed by atoms with Gasteiger partial charge in [0.2, 0.25) is 0 Å². The van der Waals surface area contributed by atoms with E-state index in [1.165, 1.54) is 31.9 Å². The maximum Gasteiger partial charge on any atom is 0.0636 e. The Morgan fingerprint density at radius 2 is 1.56 bits per heavy atom. The minimum absolute atomic E-state index is 0.973. The molecule has 0 aromatic heterocycles. The molecule has 0 bridgehead atoms. The van der Waals surface area contributed by atoms with Gasteiger partial charge in [-0.1, -0.05) is 66.4 Å². The first-order valence-electron chi connectivity index (χ1n) is 8.96. The third kappa shape index (κ3) is 2.90. The molecule has 0 saturated heterocycles. The standard InChI is InChI=1S/C24H18N2S/c1-26-21-10-4-5-12-23(21)27-24-19(9-6-11-22(24)26)16-25-20-14-13-17-7-2-3-8-18(17)15-20/h2-16H,1H3. The SMILES string of the molecule is CN1c2ccccc2Sc2c(C=Nc3ccc4ccccc4c3)cccc21. The lowest BCUT2D eigenvalue weighted by molar-refractivity contribution is 1.11. The monoisotopic (exact) mass is 366 g/mol. The van der Waals surface area contributed by atoms with Crippen LogP contribution in [0.2, 0.25) is 0 Å². The predicted octanol–water partition coefficient (Wildman–Crippen LogP) is 6.82. The van der Waals surface area contributed by atoms with E-state index in [0.717, 1.165) is 11.3 Å². The Balaban J connectivity index is 1.53. The minimum Gasteiger partial charge on any atom is -0.343 e. The Morgan fingerprint density at radius 3 is 2.48 bits per heavy atom. The molecular formula is C24H18N2S. The lowest BCUT2D eigenvalue weighted by atomic mass is 10.1. The Kier molecular flexibility index (Phi) is 3.95. The van der Waals surface area contributed by atoms with E-state index in [1.54, 1.807) is 0 Å². The van der Waals surface area contributed by atoms with Gasteiger partial charge < -0.3 is 4.90 Å². The molecule has 0 atom stereocenters. The van der Waals surface area contributed by atoms with Crippen LogP contribution in [0.5, 0.6) is 0 Å². The fourth-order valence-electron chi connectivity index (χ4n) is 3.48. The van der Waals surface area contributed by atoms with Crippen molar-refractivity contribution in [2.75, 3.05) is 11.9 Å². The number of nitrogens with zero attached hydrogens (tertiary/aromatic N) is 2. The maximum atomic E-state index is 4.76. The number of anilines is 2. The maximum absolute atomic E-state index is 4.76. The summed E-state index contributed by atoms with van der Waals surface area (Å²) in [6.07, 6.45) is 1.98. The first-order chi connectivity index (χ1) is 13.3. The van der Waals surface area contributed by atoms with E-state index in [1.807, 2.05) is 18.0 Å². The highest BCUT2D eigenvalue weighted by Crippen LogP contribution is 2.48. The lowest BCUT2D eigenvalue weighted by Gasteiger charge is -2.30. The van der Waals surface area contributed by atoms with Crippen LogP contribution in [0.4, 0.5) is 17.1 Å². The van der Waals surface area contributed by atoms with E-state index in [2.05, 4.69) is 96.9 Å². The van der Waals surface area contributed by atoms with Crippen LogP contribution in [-0.2, 0) is 0 Å². The summed E-state index contributed by atoms with van der Waals surface area (Å²) in [5.41, 5.74) is 4.59. The molecule has 0 saturated carbocycles. The molecule has 0 spiro atoms. The van der Waals surface area contributed by atoms with Crippen molar-refractivity contribution in [2.24, 2.45) is 4.99 Å². The molecule has 5 rings (SSSR count). The zero-order valence-corrected chi connectivity index (χ0v) is 15.8. The van der Waals surface area contributed by atoms with Gasteiger partial charge in [-0.15, -0.1) is 0 Å². The highest BCUT2D eigenvalue weighted by Gasteiger charge is 2.21. The summed E-state index contributed by atoms with van der Waals surface area (Å²) in [5, 5.41) is 2.45. The quantitative estimate of drug-likeness (QED) is 0.362. The molecule has 1 heterocycles. The number of hydrogen-bond acceptors (Lipinski definition) is 3. The van der Waals surface area contributed by atoms with Crippen molar-refractivity contribution >= 4 is 45.8 Å². The second-order valence-corrected chi connectivity index (χ2v) is 7.67. The van der Waals surface area contributed by atoms with E-state index >= 15 is 0 Å². The molecule has 27 heavy (non-hydrogen) atoms. The Labute approximate surface area is 163 Å². The number of aliphatic imine (C=N–C) groups is 1. The molecule has 0 amide bonds. The third-order valence-electron chi connectivity index (χ3n) is 4.91. The van der Waals surface area contributed by atoms with E-state index in [9.17, 15) is 0 Å². The van der Waals surface area contributed by atoms with Crippen LogP contribution in [-0.4, -0.2) is 13.3 Å². The first-order valence-corrected chi connectivity index (χ1v) is 9.78. The van der Waals surface area contributed by atoms with Crippen LogP contribution in [0.3, 0.4) is 0 Å². The minimum atomic E-state index is 0.973. The van der Waals surface area contributed by atoms with Crippen molar-refractivity contribution in [3.8, 4) is 0 Å². The van der Waals surface area contributed by atoms with Gasteiger partial charge in [-0.3, -0.25) is 4.99 Å². The van der Waals surface area contributed by atoms with Crippen LogP contribution in [0.1, 0.15) is 5.56 Å². The smallest absolute Gasteiger partial charge is 0.0636 e. The topological polar surface area (TPSA) is 15.6 Å². The Bertz CT molecular complexity index is 1180. The van der Waals surface area contributed by atoms with Gasteiger partial charge >= 0.3 is 0 Å². The van der Waals surface area contributed by atoms with Gasteiger partial charge in [0.15, 0.2) is 0 Å². The molecule has 3 heteroatoms. The average molecular weight is 366 g/mol. The van der Waals surface area contributed by atoms with Gasteiger partial charge in [-0.25, -0.2) is 0 Å². The Hall–Kier alpha value is -3.04. The van der Waals surface area contributed by atoms with Crippen LogP contribution in [0.15, 0.2) is 99.7 Å². The fourth-order valence-corrected chi connectivity index (χ4v) is 4.70. The molecule has 0 aliphatic carbocycles. The zero-order chi connectivity index (χ0) is 18.2. The molecular weight excluding hydrogens is 348 g/mol. The van der Waals surface area contributed by atoms with Crippen molar-refractivity contribution in [3.05, 3.63) is 90.5 Å². The van der Waals surface area contributed by atoms with Gasteiger partial charge in [0.25, 0.3) is 0 Å². The number of benzene rings is 4. The normalized spacial score (nSPS) is 13.0. The first kappa shape index (κ1) is 16.2. The Morgan fingerprint density at radius 1 is 0.778 bits per heavy atom. The van der Waals surface area contributed by atoms with Crippen LogP contribution >= 0.6 is 11.8 Å². The van der Waals surface area contributed by atoms with Crippen LogP contribution in [0, 0.1) is 0 Å². The van der Waals surface area contributed by atoms with Gasteiger partial charge in [0.05, 0.1) is 17.1 Å². The summed E-state index contributed by atoms with van der Waals surface area (Å²) in [6, 6.07) is 29.6. The predicted molar refractivity (Wildman–Crippen MR) is 116 cm³/mol. The molecule has 130 valence electrons. The number of rotatable bonds is 2. The fraction of sp³-hybridized carbons (Fsp3) is 0.0417. The highest BCUT2D eigenvalue weighted by atomic mass is 32.2. The average Bonchev–Trinajstić information content (AvgIpc) is 2.72. The van der Waals surface area contributed by atoms with Crippen molar-refractivity contribution in [1.29, 1.82) is 0 Å². The van der Waals surface area contributed by atoms with Crippen LogP contribution in [0.25, 0.3) is 10.8 Å². The summed E-state index contributed by atoms with van der Waals surface area (Å²) >= 11 is 1.82. The molecule has 0 N–H and O–H groups in total.